The van der Waals surface area contributed by atoms with Crippen molar-refractivity contribution in [2.45, 2.75) is 58.4 Å². The zero-order valence-corrected chi connectivity index (χ0v) is 15.7. The Labute approximate surface area is 149 Å². The number of hydrogen-bond acceptors (Lipinski definition) is 4. The fourth-order valence-electron chi connectivity index (χ4n) is 2.83. The molecule has 0 saturated carbocycles. The van der Waals surface area contributed by atoms with Gasteiger partial charge in [-0.15, -0.1) is 0 Å². The van der Waals surface area contributed by atoms with E-state index in [1.807, 2.05) is 58.0 Å². The zero-order chi connectivity index (χ0) is 18.6. The first-order valence-corrected chi connectivity index (χ1v) is 8.60. The van der Waals surface area contributed by atoms with Crippen molar-refractivity contribution in [1.29, 1.82) is 0 Å². The second-order valence-electron chi connectivity index (χ2n) is 7.52. The predicted molar refractivity (Wildman–Crippen MR) is 95.2 cm³/mol. The minimum Gasteiger partial charge on any atom is -0.445 e. The van der Waals surface area contributed by atoms with E-state index in [-0.39, 0.29) is 30.9 Å². The molecule has 0 N–H and O–H groups in total. The Balaban J connectivity index is 1.88. The molecule has 2 rings (SSSR count). The summed E-state index contributed by atoms with van der Waals surface area (Å²) >= 11 is 0. The highest BCUT2D eigenvalue weighted by Crippen LogP contribution is 2.24. The number of likely N-dealkylation sites (N-methyl/N-ethyl adjacent to an activating group) is 1. The van der Waals surface area contributed by atoms with Gasteiger partial charge in [0, 0.05) is 19.6 Å². The van der Waals surface area contributed by atoms with E-state index >= 15 is 0 Å². The number of amides is 2. The standard InChI is InChI=1S/C19H28N2O4/c1-14-11-16(12-21(14)18(23)25-19(2,3)4)20(5)17(22)24-13-15-9-7-6-8-10-15/h6-10,14,16H,11-13H2,1-5H3/t14-,16-/m0/s1. The molecule has 0 bridgehead atoms. The first-order valence-electron chi connectivity index (χ1n) is 8.60. The average molecular weight is 348 g/mol. The summed E-state index contributed by atoms with van der Waals surface area (Å²) in [7, 11) is 1.71. The lowest BCUT2D eigenvalue weighted by Crippen LogP contribution is -2.42. The van der Waals surface area contributed by atoms with Crippen molar-refractivity contribution in [3.8, 4) is 0 Å². The van der Waals surface area contributed by atoms with Crippen molar-refractivity contribution in [2.24, 2.45) is 0 Å². The lowest BCUT2D eigenvalue weighted by molar-refractivity contribution is 0.0226. The van der Waals surface area contributed by atoms with Crippen LogP contribution in [0.2, 0.25) is 0 Å². The number of benzene rings is 1. The minimum atomic E-state index is -0.532. The van der Waals surface area contributed by atoms with Crippen LogP contribution in [0.3, 0.4) is 0 Å². The number of carbonyl (C=O) groups excluding carboxylic acids is 2. The zero-order valence-electron chi connectivity index (χ0n) is 15.7. The molecule has 1 saturated heterocycles. The smallest absolute Gasteiger partial charge is 0.410 e. The van der Waals surface area contributed by atoms with Gasteiger partial charge < -0.3 is 19.3 Å². The lowest BCUT2D eigenvalue weighted by atomic mass is 10.2. The summed E-state index contributed by atoms with van der Waals surface area (Å²) < 4.78 is 10.8. The number of carbonyl (C=O) groups is 2. The molecule has 6 nitrogen and oxygen atoms in total. The largest absolute Gasteiger partial charge is 0.445 e. The van der Waals surface area contributed by atoms with Crippen molar-refractivity contribution >= 4 is 12.2 Å². The highest BCUT2D eigenvalue weighted by molar-refractivity contribution is 5.70. The topological polar surface area (TPSA) is 59.1 Å². The van der Waals surface area contributed by atoms with Crippen LogP contribution in [0, 0.1) is 0 Å². The molecule has 1 aromatic rings. The van der Waals surface area contributed by atoms with Crippen molar-refractivity contribution in [2.75, 3.05) is 13.6 Å². The fourth-order valence-corrected chi connectivity index (χ4v) is 2.83. The predicted octanol–water partition coefficient (Wildman–Crippen LogP) is 3.65. The van der Waals surface area contributed by atoms with E-state index in [4.69, 9.17) is 9.47 Å². The van der Waals surface area contributed by atoms with Crippen LogP contribution >= 0.6 is 0 Å². The molecule has 2 amide bonds. The highest BCUT2D eigenvalue weighted by atomic mass is 16.6. The quantitative estimate of drug-likeness (QED) is 0.836. The normalized spacial score (nSPS) is 20.3. The molecule has 6 heteroatoms. The van der Waals surface area contributed by atoms with Gasteiger partial charge in [0.2, 0.25) is 0 Å². The Morgan fingerprint density at radius 2 is 1.88 bits per heavy atom. The second kappa shape index (κ2) is 7.76. The number of rotatable bonds is 3. The summed E-state index contributed by atoms with van der Waals surface area (Å²) in [5.41, 5.74) is 0.412. The summed E-state index contributed by atoms with van der Waals surface area (Å²) in [5.74, 6) is 0. The van der Waals surface area contributed by atoms with Crippen LogP contribution in [0.4, 0.5) is 9.59 Å². The third-order valence-corrected chi connectivity index (χ3v) is 4.22. The molecule has 138 valence electrons. The first-order chi connectivity index (χ1) is 11.7. The number of nitrogens with zero attached hydrogens (tertiary/aromatic N) is 2. The maximum absolute atomic E-state index is 12.3. The molecule has 0 spiro atoms. The Morgan fingerprint density at radius 3 is 2.48 bits per heavy atom. The van der Waals surface area contributed by atoms with Crippen molar-refractivity contribution in [1.82, 2.24) is 9.80 Å². The van der Waals surface area contributed by atoms with Gasteiger partial charge in [0.1, 0.15) is 12.2 Å². The molecule has 1 aliphatic heterocycles. The molecule has 1 aliphatic rings. The molecule has 2 atom stereocenters. The third kappa shape index (κ3) is 5.37. The summed E-state index contributed by atoms with van der Waals surface area (Å²) in [6.45, 7) is 8.19. The maximum atomic E-state index is 12.3. The number of ether oxygens (including phenoxy) is 2. The van der Waals surface area contributed by atoms with Gasteiger partial charge in [0.15, 0.2) is 0 Å². The van der Waals surface area contributed by atoms with Gasteiger partial charge >= 0.3 is 12.2 Å². The Kier molecular flexibility index (Phi) is 5.93. The molecule has 1 heterocycles. The van der Waals surface area contributed by atoms with Gasteiger partial charge in [-0.3, -0.25) is 0 Å². The average Bonchev–Trinajstić information content (AvgIpc) is 2.93. The Hall–Kier alpha value is -2.24. The van der Waals surface area contributed by atoms with E-state index in [9.17, 15) is 9.59 Å². The third-order valence-electron chi connectivity index (χ3n) is 4.22. The molecule has 0 radical (unpaired) electrons. The summed E-state index contributed by atoms with van der Waals surface area (Å²) in [4.78, 5) is 27.8. The SMILES string of the molecule is C[C@H]1C[C@H](N(C)C(=O)OCc2ccccc2)CN1C(=O)OC(C)(C)C. The van der Waals surface area contributed by atoms with Crippen molar-refractivity contribution in [3.05, 3.63) is 35.9 Å². The van der Waals surface area contributed by atoms with E-state index in [1.165, 1.54) is 0 Å². The summed E-state index contributed by atoms with van der Waals surface area (Å²) in [6.07, 6.45) is -0.0171. The first kappa shape index (κ1) is 19.1. The van der Waals surface area contributed by atoms with E-state index in [0.29, 0.717) is 13.0 Å². The van der Waals surface area contributed by atoms with Gasteiger partial charge in [0.25, 0.3) is 0 Å². The van der Waals surface area contributed by atoms with Gasteiger partial charge in [-0.1, -0.05) is 30.3 Å². The fraction of sp³-hybridized carbons (Fsp3) is 0.579. The second-order valence-corrected chi connectivity index (χ2v) is 7.52. The number of hydrogen-bond donors (Lipinski definition) is 0. The monoisotopic (exact) mass is 348 g/mol. The van der Waals surface area contributed by atoms with Crippen LogP contribution in [0.1, 0.15) is 39.7 Å². The Bertz CT molecular complexity index is 597. The van der Waals surface area contributed by atoms with Crippen LogP contribution in [0.15, 0.2) is 30.3 Å². The van der Waals surface area contributed by atoms with E-state index < -0.39 is 5.60 Å². The summed E-state index contributed by atoms with van der Waals surface area (Å²) in [6, 6.07) is 9.50. The van der Waals surface area contributed by atoms with Gasteiger partial charge in [0.05, 0.1) is 6.04 Å². The molecule has 0 unspecified atom stereocenters. The molecule has 25 heavy (non-hydrogen) atoms. The van der Waals surface area contributed by atoms with Crippen LogP contribution in [-0.4, -0.2) is 53.3 Å². The van der Waals surface area contributed by atoms with Gasteiger partial charge in [-0.05, 0) is 39.7 Å². The van der Waals surface area contributed by atoms with E-state index in [1.54, 1.807) is 16.8 Å². The van der Waals surface area contributed by atoms with Crippen molar-refractivity contribution in [3.63, 3.8) is 0 Å². The molecule has 1 aromatic carbocycles. The van der Waals surface area contributed by atoms with Gasteiger partial charge in [-0.25, -0.2) is 9.59 Å². The van der Waals surface area contributed by atoms with Gasteiger partial charge in [-0.2, -0.15) is 0 Å². The molecule has 0 aromatic heterocycles. The minimum absolute atomic E-state index is 0.0178. The Morgan fingerprint density at radius 1 is 1.24 bits per heavy atom. The van der Waals surface area contributed by atoms with Crippen molar-refractivity contribution < 1.29 is 19.1 Å². The van der Waals surface area contributed by atoms with E-state index in [2.05, 4.69) is 0 Å². The molecular formula is C19H28N2O4. The van der Waals surface area contributed by atoms with Crippen LogP contribution < -0.4 is 0 Å². The van der Waals surface area contributed by atoms with Crippen LogP contribution in [0.5, 0.6) is 0 Å². The highest BCUT2D eigenvalue weighted by Gasteiger charge is 2.38. The van der Waals surface area contributed by atoms with E-state index in [0.717, 1.165) is 5.56 Å². The number of likely N-dealkylation sites (tertiary alicyclic amines) is 1. The summed E-state index contributed by atoms with van der Waals surface area (Å²) in [5, 5.41) is 0. The van der Waals surface area contributed by atoms with Crippen LogP contribution in [0.25, 0.3) is 0 Å². The molecular weight excluding hydrogens is 320 g/mol. The lowest BCUT2D eigenvalue weighted by Gasteiger charge is -2.27. The molecule has 0 aliphatic carbocycles. The molecule has 1 fully saturated rings. The maximum Gasteiger partial charge on any atom is 0.410 e. The van der Waals surface area contributed by atoms with Crippen LogP contribution in [-0.2, 0) is 16.1 Å².